The summed E-state index contributed by atoms with van der Waals surface area (Å²) in [5.41, 5.74) is 1.37. The minimum Gasteiger partial charge on any atom is -0.759 e. The van der Waals surface area contributed by atoms with E-state index in [1.165, 1.54) is 24.7 Å². The van der Waals surface area contributed by atoms with Gasteiger partial charge in [-0.2, -0.15) is 0 Å². The zero-order chi connectivity index (χ0) is 8.53. The van der Waals surface area contributed by atoms with Crippen molar-refractivity contribution in [3.8, 4) is 0 Å². The van der Waals surface area contributed by atoms with Gasteiger partial charge in [0.1, 0.15) is 0 Å². The molecule has 0 aliphatic carbocycles. The van der Waals surface area contributed by atoms with Crippen LogP contribution in [0.3, 0.4) is 0 Å². The van der Waals surface area contributed by atoms with Gasteiger partial charge in [-0.3, -0.25) is 4.79 Å². The van der Waals surface area contributed by atoms with E-state index in [1.54, 1.807) is 0 Å². The zero-order valence-electron chi connectivity index (χ0n) is 8.06. The summed E-state index contributed by atoms with van der Waals surface area (Å²) >= 11 is 0. The Balaban J connectivity index is 0. The van der Waals surface area contributed by atoms with E-state index >= 15 is 0 Å². The van der Waals surface area contributed by atoms with Gasteiger partial charge in [0.25, 0.3) is 0 Å². The van der Waals surface area contributed by atoms with Crippen molar-refractivity contribution in [3.63, 3.8) is 0 Å². The fourth-order valence-corrected chi connectivity index (χ4v) is 0.940. The second-order valence-electron chi connectivity index (χ2n) is 2.69. The van der Waals surface area contributed by atoms with Crippen molar-refractivity contribution in [3.05, 3.63) is 5.21 Å². The molecule has 0 aromatic rings. The molecule has 0 rings (SSSR count). The smallest absolute Gasteiger partial charge is 0.759 e. The van der Waals surface area contributed by atoms with Crippen LogP contribution in [0.2, 0.25) is 0 Å². The predicted molar refractivity (Wildman–Crippen MR) is 44.9 cm³/mol. The Morgan fingerprint density at radius 3 is 2.33 bits per heavy atom. The number of nitrogens with one attached hydrogen (secondary N) is 1. The number of hydrogen-bond donors (Lipinski definition) is 1. The van der Waals surface area contributed by atoms with Crippen LogP contribution in [0.25, 0.3) is 0 Å². The normalized spacial score (nSPS) is 8.83. The zero-order valence-corrected chi connectivity index (χ0v) is 10.1. The van der Waals surface area contributed by atoms with Gasteiger partial charge in [-0.15, -0.1) is 0 Å². The summed E-state index contributed by atoms with van der Waals surface area (Å²) in [6.07, 6.45) is 5.87. The van der Waals surface area contributed by atoms with Gasteiger partial charge >= 0.3 is 29.6 Å². The summed E-state index contributed by atoms with van der Waals surface area (Å²) in [7, 11) is 0. The van der Waals surface area contributed by atoms with Crippen LogP contribution in [0.15, 0.2) is 0 Å². The first kappa shape index (κ1) is 14.9. The molecule has 0 fully saturated rings. The van der Waals surface area contributed by atoms with Gasteiger partial charge in [0.15, 0.2) is 0 Å². The molecule has 4 heteroatoms. The summed E-state index contributed by atoms with van der Waals surface area (Å²) in [6, 6.07) is 0. The molecule has 0 saturated carbocycles. The number of carbonyl (C=O) groups is 1. The summed E-state index contributed by atoms with van der Waals surface area (Å²) in [5, 5.41) is 9.75. The maximum atomic E-state index is 10.4. The Labute approximate surface area is 96.2 Å². The van der Waals surface area contributed by atoms with Crippen LogP contribution in [-0.4, -0.2) is 5.91 Å². The van der Waals surface area contributed by atoms with Crippen LogP contribution < -0.4 is 35.0 Å². The molecule has 0 radical (unpaired) electrons. The van der Waals surface area contributed by atoms with E-state index in [9.17, 15) is 10.0 Å². The minimum absolute atomic E-state index is 0. The molecule has 0 bridgehead atoms. The van der Waals surface area contributed by atoms with Gasteiger partial charge < -0.3 is 10.7 Å². The molecule has 0 aromatic heterocycles. The average molecular weight is 181 g/mol. The molecule has 0 aliphatic heterocycles. The molecular weight excluding hydrogens is 165 g/mol. The Bertz CT molecular complexity index is 109. The Kier molecular flexibility index (Phi) is 14.2. The van der Waals surface area contributed by atoms with Crippen LogP contribution in [0.1, 0.15) is 45.4 Å². The van der Waals surface area contributed by atoms with Crippen LogP contribution in [-0.2, 0) is 4.79 Å². The van der Waals surface area contributed by atoms with Crippen LogP contribution >= 0.6 is 0 Å². The number of carbonyl (C=O) groups excluding carboxylic acids is 1. The predicted octanol–water partition coefficient (Wildman–Crippen LogP) is -1.04. The second kappa shape index (κ2) is 11.4. The van der Waals surface area contributed by atoms with Gasteiger partial charge in [-0.1, -0.05) is 32.6 Å². The van der Waals surface area contributed by atoms with Crippen molar-refractivity contribution in [2.75, 3.05) is 0 Å². The molecule has 1 N–H and O–H groups in total. The first-order chi connectivity index (χ1) is 5.31. The monoisotopic (exact) mass is 181 g/mol. The van der Waals surface area contributed by atoms with Gasteiger partial charge in [0, 0.05) is 6.42 Å². The van der Waals surface area contributed by atoms with E-state index in [2.05, 4.69) is 6.92 Å². The van der Waals surface area contributed by atoms with E-state index in [1.807, 2.05) is 0 Å². The summed E-state index contributed by atoms with van der Waals surface area (Å²) < 4.78 is 0. The molecule has 0 aliphatic rings. The van der Waals surface area contributed by atoms with E-state index < -0.39 is 0 Å². The third-order valence-electron chi connectivity index (χ3n) is 1.62. The third kappa shape index (κ3) is 10.4. The fraction of sp³-hybridized carbons (Fsp3) is 0.875. The molecule has 0 aromatic carbocycles. The van der Waals surface area contributed by atoms with Gasteiger partial charge in [-0.05, 0) is 6.42 Å². The van der Waals surface area contributed by atoms with E-state index in [0.29, 0.717) is 6.42 Å². The van der Waals surface area contributed by atoms with Gasteiger partial charge in [0.05, 0.1) is 0 Å². The number of rotatable bonds is 6. The van der Waals surface area contributed by atoms with Crippen molar-refractivity contribution >= 4 is 5.91 Å². The third-order valence-corrected chi connectivity index (χ3v) is 1.62. The largest absolute Gasteiger partial charge is 1.00 e. The molecule has 0 saturated heterocycles. The number of hydroxylamine groups is 1. The van der Waals surface area contributed by atoms with Crippen molar-refractivity contribution in [1.29, 1.82) is 0 Å². The maximum absolute atomic E-state index is 10.4. The van der Waals surface area contributed by atoms with Crippen LogP contribution in [0, 0.1) is 5.21 Å². The molecule has 0 atom stereocenters. The Morgan fingerprint density at radius 1 is 1.25 bits per heavy atom. The molecule has 0 spiro atoms. The quantitative estimate of drug-likeness (QED) is 0.323. The molecule has 3 nitrogen and oxygen atoms in total. The van der Waals surface area contributed by atoms with Gasteiger partial charge in [0.2, 0.25) is 5.91 Å². The molecule has 1 amide bonds. The van der Waals surface area contributed by atoms with Crippen molar-refractivity contribution in [2.24, 2.45) is 0 Å². The summed E-state index contributed by atoms with van der Waals surface area (Å²) in [4.78, 5) is 10.4. The number of amides is 1. The summed E-state index contributed by atoms with van der Waals surface area (Å²) in [5.74, 6) is -0.388. The first-order valence-corrected chi connectivity index (χ1v) is 4.22. The maximum Gasteiger partial charge on any atom is 1.00 e. The first-order valence-electron chi connectivity index (χ1n) is 4.22. The topological polar surface area (TPSA) is 52.2 Å². The molecule has 0 heterocycles. The number of hydrogen-bond acceptors (Lipinski definition) is 2. The van der Waals surface area contributed by atoms with E-state index in [4.69, 9.17) is 0 Å². The number of unbranched alkanes of at least 4 members (excludes halogenated alkanes) is 4. The molecule has 12 heavy (non-hydrogen) atoms. The van der Waals surface area contributed by atoms with Gasteiger partial charge in [-0.25, -0.2) is 0 Å². The fourth-order valence-electron chi connectivity index (χ4n) is 0.940. The summed E-state index contributed by atoms with van der Waals surface area (Å²) in [6.45, 7) is 2.14. The molecule has 0 unspecified atom stereocenters. The minimum atomic E-state index is -0.388. The standard InChI is InChI=1S/C8H16NO2.Na/c1-2-3-4-5-6-7-8(10)9-11;/h2-7H2,1H3,(H-,9,10,11);/q-1;+1. The average Bonchev–Trinajstić information content (AvgIpc) is 2.04. The Morgan fingerprint density at radius 2 is 1.83 bits per heavy atom. The van der Waals surface area contributed by atoms with E-state index in [0.717, 1.165) is 12.8 Å². The van der Waals surface area contributed by atoms with Crippen molar-refractivity contribution in [2.45, 2.75) is 45.4 Å². The van der Waals surface area contributed by atoms with Crippen LogP contribution in [0.4, 0.5) is 0 Å². The second-order valence-corrected chi connectivity index (χ2v) is 2.69. The van der Waals surface area contributed by atoms with E-state index in [-0.39, 0.29) is 35.5 Å². The molecule has 66 valence electrons. The molecular formula is C8H16NNaO2. The Hall–Kier alpha value is 0.430. The van der Waals surface area contributed by atoms with Crippen molar-refractivity contribution < 1.29 is 34.4 Å². The van der Waals surface area contributed by atoms with Crippen molar-refractivity contribution in [1.82, 2.24) is 5.48 Å². The SMILES string of the molecule is CCCCCCCC(=O)N[O-].[Na+]. The van der Waals surface area contributed by atoms with Crippen LogP contribution in [0.5, 0.6) is 0 Å².